The van der Waals surface area contributed by atoms with Gasteiger partial charge in [-0.25, -0.2) is 4.39 Å². The molecule has 1 unspecified atom stereocenters. The second kappa shape index (κ2) is 7.23. The Morgan fingerprint density at radius 3 is 2.86 bits per heavy atom. The highest BCUT2D eigenvalue weighted by atomic mass is 35.5. The van der Waals surface area contributed by atoms with Gasteiger partial charge in [0.1, 0.15) is 5.82 Å². The normalized spacial score (nSPS) is 22.3. The Bertz CT molecular complexity index is 493. The van der Waals surface area contributed by atoms with E-state index >= 15 is 0 Å². The molecule has 1 aliphatic heterocycles. The van der Waals surface area contributed by atoms with Crippen LogP contribution in [0.5, 0.6) is 0 Å². The van der Waals surface area contributed by atoms with Crippen molar-refractivity contribution in [3.8, 4) is 0 Å². The fourth-order valence-electron chi connectivity index (χ4n) is 3.08. The minimum Gasteiger partial charge on any atom is -0.333 e. The summed E-state index contributed by atoms with van der Waals surface area (Å²) in [5.41, 5.74) is 0.888. The summed E-state index contributed by atoms with van der Waals surface area (Å²) in [6, 6.07) is 6.58. The van der Waals surface area contributed by atoms with Gasteiger partial charge in [-0.15, -0.1) is 12.4 Å². The third-order valence-corrected chi connectivity index (χ3v) is 4.49. The van der Waals surface area contributed by atoms with Crippen LogP contribution >= 0.6 is 12.4 Å². The van der Waals surface area contributed by atoms with Crippen molar-refractivity contribution in [2.45, 2.75) is 31.7 Å². The first-order valence-electron chi connectivity index (χ1n) is 7.49. The Hall–Kier alpha value is -1.13. The summed E-state index contributed by atoms with van der Waals surface area (Å²) in [6.45, 7) is 2.24. The van der Waals surface area contributed by atoms with E-state index in [4.69, 9.17) is 0 Å². The number of nitrogens with zero attached hydrogens (tertiary/aromatic N) is 1. The second-order valence-electron chi connectivity index (χ2n) is 5.86. The molecule has 116 valence electrons. The SMILES string of the molecule is Cl.O=C(CC1CCC1)N1CCNCC1c1cccc(F)c1. The van der Waals surface area contributed by atoms with Crippen LogP contribution in [0.4, 0.5) is 4.39 Å². The van der Waals surface area contributed by atoms with Gasteiger partial charge in [0.25, 0.3) is 0 Å². The quantitative estimate of drug-likeness (QED) is 0.931. The predicted molar refractivity (Wildman–Crippen MR) is 82.9 cm³/mol. The standard InChI is InChI=1S/C16H21FN2O.ClH/c17-14-6-2-5-13(10-14)15-11-18-7-8-19(15)16(20)9-12-3-1-4-12;/h2,5-6,10,12,15,18H,1,3-4,7-9,11H2;1H. The van der Waals surface area contributed by atoms with E-state index in [1.165, 1.54) is 25.3 Å². The topological polar surface area (TPSA) is 32.3 Å². The summed E-state index contributed by atoms with van der Waals surface area (Å²) >= 11 is 0. The van der Waals surface area contributed by atoms with Crippen LogP contribution in [-0.2, 0) is 4.79 Å². The van der Waals surface area contributed by atoms with E-state index in [9.17, 15) is 9.18 Å². The van der Waals surface area contributed by atoms with E-state index in [2.05, 4.69) is 5.32 Å². The third-order valence-electron chi connectivity index (χ3n) is 4.49. The molecule has 0 spiro atoms. The molecule has 1 saturated heterocycles. The maximum atomic E-state index is 13.4. The molecule has 3 nitrogen and oxygen atoms in total. The van der Waals surface area contributed by atoms with Crippen molar-refractivity contribution in [1.82, 2.24) is 10.2 Å². The Kier molecular flexibility index (Phi) is 5.59. The Balaban J connectivity index is 0.00000161. The lowest BCUT2D eigenvalue weighted by atomic mass is 9.82. The number of carbonyl (C=O) groups is 1. The Morgan fingerprint density at radius 1 is 1.38 bits per heavy atom. The van der Waals surface area contributed by atoms with Crippen LogP contribution in [0.15, 0.2) is 24.3 Å². The van der Waals surface area contributed by atoms with Crippen molar-refractivity contribution in [2.24, 2.45) is 5.92 Å². The maximum Gasteiger partial charge on any atom is 0.223 e. The number of rotatable bonds is 3. The molecule has 0 bridgehead atoms. The lowest BCUT2D eigenvalue weighted by Crippen LogP contribution is -2.49. The summed E-state index contributed by atoms with van der Waals surface area (Å²) in [5.74, 6) is 0.565. The molecular weight excluding hydrogens is 291 g/mol. The number of amides is 1. The smallest absolute Gasteiger partial charge is 0.223 e. The molecule has 3 rings (SSSR count). The van der Waals surface area contributed by atoms with E-state index in [-0.39, 0.29) is 30.2 Å². The first-order chi connectivity index (χ1) is 9.74. The molecule has 0 aromatic heterocycles. The largest absolute Gasteiger partial charge is 0.333 e. The van der Waals surface area contributed by atoms with Crippen LogP contribution in [-0.4, -0.2) is 30.4 Å². The fourth-order valence-corrected chi connectivity index (χ4v) is 3.08. The fraction of sp³-hybridized carbons (Fsp3) is 0.562. The van der Waals surface area contributed by atoms with E-state index in [1.807, 2.05) is 11.0 Å². The first kappa shape index (κ1) is 16.2. The van der Waals surface area contributed by atoms with Crippen molar-refractivity contribution in [2.75, 3.05) is 19.6 Å². The van der Waals surface area contributed by atoms with E-state index < -0.39 is 0 Å². The molecule has 0 radical (unpaired) electrons. The molecule has 1 amide bonds. The summed E-state index contributed by atoms with van der Waals surface area (Å²) in [7, 11) is 0. The van der Waals surface area contributed by atoms with Crippen LogP contribution < -0.4 is 5.32 Å². The van der Waals surface area contributed by atoms with Crippen molar-refractivity contribution in [3.63, 3.8) is 0 Å². The monoisotopic (exact) mass is 312 g/mol. The molecular formula is C16H22ClFN2O. The molecule has 1 saturated carbocycles. The van der Waals surface area contributed by atoms with Crippen LogP contribution in [0.1, 0.15) is 37.3 Å². The van der Waals surface area contributed by atoms with Gasteiger partial charge in [-0.2, -0.15) is 0 Å². The van der Waals surface area contributed by atoms with Crippen molar-refractivity contribution >= 4 is 18.3 Å². The molecule has 2 aliphatic rings. The molecule has 5 heteroatoms. The number of piperazine rings is 1. The lowest BCUT2D eigenvalue weighted by Gasteiger charge is -2.38. The van der Waals surface area contributed by atoms with Gasteiger partial charge >= 0.3 is 0 Å². The highest BCUT2D eigenvalue weighted by molar-refractivity contribution is 5.85. The highest BCUT2D eigenvalue weighted by Gasteiger charge is 2.30. The number of nitrogens with one attached hydrogen (secondary N) is 1. The molecule has 1 aromatic rings. The number of benzene rings is 1. The molecule has 1 aromatic carbocycles. The molecule has 1 atom stereocenters. The summed E-state index contributed by atoms with van der Waals surface area (Å²) in [5, 5.41) is 3.30. The minimum absolute atomic E-state index is 0. The molecule has 21 heavy (non-hydrogen) atoms. The average Bonchev–Trinajstić information content (AvgIpc) is 2.43. The number of halogens is 2. The average molecular weight is 313 g/mol. The maximum absolute atomic E-state index is 13.4. The van der Waals surface area contributed by atoms with Gasteiger partial charge in [0.2, 0.25) is 5.91 Å². The van der Waals surface area contributed by atoms with Crippen LogP contribution in [0, 0.1) is 11.7 Å². The van der Waals surface area contributed by atoms with Crippen LogP contribution in [0.3, 0.4) is 0 Å². The highest BCUT2D eigenvalue weighted by Crippen LogP contribution is 2.32. The number of hydrogen-bond acceptors (Lipinski definition) is 2. The summed E-state index contributed by atoms with van der Waals surface area (Å²) in [4.78, 5) is 14.4. The lowest BCUT2D eigenvalue weighted by molar-refractivity contribution is -0.136. The minimum atomic E-state index is -0.237. The van der Waals surface area contributed by atoms with Gasteiger partial charge in [-0.1, -0.05) is 18.6 Å². The summed E-state index contributed by atoms with van der Waals surface area (Å²) in [6.07, 6.45) is 4.28. The van der Waals surface area contributed by atoms with E-state index in [0.29, 0.717) is 25.4 Å². The molecule has 1 aliphatic carbocycles. The zero-order chi connectivity index (χ0) is 13.9. The van der Waals surface area contributed by atoms with Crippen LogP contribution in [0.25, 0.3) is 0 Å². The van der Waals surface area contributed by atoms with E-state index in [1.54, 1.807) is 12.1 Å². The zero-order valence-corrected chi connectivity index (χ0v) is 12.9. The number of carbonyl (C=O) groups excluding carboxylic acids is 1. The molecule has 1 heterocycles. The molecule has 1 N–H and O–H groups in total. The molecule has 2 fully saturated rings. The number of hydrogen-bond donors (Lipinski definition) is 1. The third kappa shape index (κ3) is 3.74. The van der Waals surface area contributed by atoms with Crippen molar-refractivity contribution in [3.05, 3.63) is 35.6 Å². The van der Waals surface area contributed by atoms with E-state index in [0.717, 1.165) is 12.1 Å². The van der Waals surface area contributed by atoms with Gasteiger partial charge < -0.3 is 10.2 Å². The zero-order valence-electron chi connectivity index (χ0n) is 12.1. The first-order valence-corrected chi connectivity index (χ1v) is 7.49. The predicted octanol–water partition coefficient (Wildman–Crippen LogP) is 2.91. The summed E-state index contributed by atoms with van der Waals surface area (Å²) < 4.78 is 13.4. The van der Waals surface area contributed by atoms with Gasteiger partial charge in [0.15, 0.2) is 0 Å². The Morgan fingerprint density at radius 2 is 2.19 bits per heavy atom. The Labute approximate surface area is 131 Å². The van der Waals surface area contributed by atoms with Crippen molar-refractivity contribution < 1.29 is 9.18 Å². The van der Waals surface area contributed by atoms with Gasteiger partial charge in [0, 0.05) is 26.1 Å². The van der Waals surface area contributed by atoms with Crippen molar-refractivity contribution in [1.29, 1.82) is 0 Å². The van der Waals surface area contributed by atoms with Gasteiger partial charge in [-0.05, 0) is 36.5 Å². The van der Waals surface area contributed by atoms with Gasteiger partial charge in [0.05, 0.1) is 6.04 Å². The second-order valence-corrected chi connectivity index (χ2v) is 5.86. The van der Waals surface area contributed by atoms with Gasteiger partial charge in [-0.3, -0.25) is 4.79 Å². The van der Waals surface area contributed by atoms with Crippen LogP contribution in [0.2, 0.25) is 0 Å².